The van der Waals surface area contributed by atoms with Gasteiger partial charge in [-0.05, 0) is 51.3 Å². The summed E-state index contributed by atoms with van der Waals surface area (Å²) in [7, 11) is 0. The maximum atomic E-state index is 13.5. The molecule has 8 heteroatoms. The second-order valence-corrected chi connectivity index (χ2v) is 6.63. The summed E-state index contributed by atoms with van der Waals surface area (Å²) in [5.41, 5.74) is 0.357. The van der Waals surface area contributed by atoms with Gasteiger partial charge in [0.1, 0.15) is 0 Å². The highest BCUT2D eigenvalue weighted by Crippen LogP contribution is 2.24. The zero-order valence-electron chi connectivity index (χ0n) is 12.2. The molecule has 1 aromatic carbocycles. The normalized spacial score (nSPS) is 12.0. The van der Waals surface area contributed by atoms with Crippen molar-refractivity contribution < 1.29 is 27.8 Å². The van der Waals surface area contributed by atoms with Crippen LogP contribution in [0.3, 0.4) is 0 Å². The lowest BCUT2D eigenvalue weighted by Crippen LogP contribution is -2.28. The summed E-state index contributed by atoms with van der Waals surface area (Å²) in [6.45, 7) is 1.26. The molecule has 0 aromatic heterocycles. The first-order valence-corrected chi connectivity index (χ1v) is 8.48. The van der Waals surface area contributed by atoms with Gasteiger partial charge in [-0.2, -0.15) is 8.78 Å². The van der Waals surface area contributed by atoms with Gasteiger partial charge in [0.15, 0.2) is 0 Å². The molecule has 0 N–H and O–H groups in total. The number of alkyl halides is 2. The molecule has 1 rings (SSSR count). The summed E-state index contributed by atoms with van der Waals surface area (Å²) in [6, 6.07) is 6.63. The Balaban J connectivity index is 2.53. The maximum absolute atomic E-state index is 13.5. The van der Waals surface area contributed by atoms with Gasteiger partial charge in [0, 0.05) is 17.0 Å². The summed E-state index contributed by atoms with van der Waals surface area (Å²) in [5.74, 6) is -5.84. The number of halogens is 4. The molecule has 0 amide bonds. The molecule has 0 saturated carbocycles. The molecule has 0 atom stereocenters. The highest BCUT2D eigenvalue weighted by atomic mass is 127. The first-order valence-electron chi connectivity index (χ1n) is 6.61. The van der Waals surface area contributed by atoms with Gasteiger partial charge in [0.05, 0.1) is 18.8 Å². The fourth-order valence-corrected chi connectivity index (χ4v) is 2.51. The van der Waals surface area contributed by atoms with Crippen LogP contribution in [0.15, 0.2) is 38.4 Å². The van der Waals surface area contributed by atoms with Crippen LogP contribution in [0.5, 0.6) is 0 Å². The van der Waals surface area contributed by atoms with Crippen LogP contribution in [0.25, 0.3) is 0 Å². The van der Waals surface area contributed by atoms with Crippen molar-refractivity contribution in [3.05, 3.63) is 44.0 Å². The van der Waals surface area contributed by atoms with Gasteiger partial charge < -0.3 is 9.47 Å². The first-order chi connectivity index (χ1) is 10.8. The standard InChI is InChI=1S/C15H14BrF2IO4/c1-2-22-14(21)15(17,18)9-12(19)6-7-23-13(20)10-4-3-5-11(16)8-10/h3-5,8-9H,2,6-7H2,1H3. The van der Waals surface area contributed by atoms with E-state index < -0.39 is 17.9 Å². The monoisotopic (exact) mass is 502 g/mol. The third-order valence-electron chi connectivity index (χ3n) is 2.52. The highest BCUT2D eigenvalue weighted by Gasteiger charge is 2.38. The summed E-state index contributed by atoms with van der Waals surface area (Å²) in [6.07, 6.45) is 0.591. The van der Waals surface area contributed by atoms with Gasteiger partial charge in [-0.25, -0.2) is 9.59 Å². The fraction of sp³-hybridized carbons (Fsp3) is 0.333. The number of rotatable bonds is 7. The Kier molecular flexibility index (Phi) is 8.10. The molecule has 0 aliphatic heterocycles. The van der Waals surface area contributed by atoms with Crippen molar-refractivity contribution in [3.8, 4) is 0 Å². The lowest BCUT2D eigenvalue weighted by atomic mass is 10.2. The quantitative estimate of drug-likeness (QED) is 0.406. The van der Waals surface area contributed by atoms with E-state index in [0.717, 1.165) is 4.47 Å². The topological polar surface area (TPSA) is 52.6 Å². The van der Waals surface area contributed by atoms with Gasteiger partial charge in [-0.15, -0.1) is 0 Å². The average Bonchev–Trinajstić information content (AvgIpc) is 2.46. The molecule has 0 saturated heterocycles. The number of benzene rings is 1. The van der Waals surface area contributed by atoms with Crippen LogP contribution < -0.4 is 0 Å². The van der Waals surface area contributed by atoms with Gasteiger partial charge >= 0.3 is 17.9 Å². The molecule has 1 aromatic rings. The van der Waals surface area contributed by atoms with E-state index in [-0.39, 0.29) is 23.2 Å². The van der Waals surface area contributed by atoms with Crippen molar-refractivity contribution in [1.29, 1.82) is 0 Å². The summed E-state index contributed by atoms with van der Waals surface area (Å²) in [4.78, 5) is 22.9. The van der Waals surface area contributed by atoms with Crippen molar-refractivity contribution in [1.82, 2.24) is 0 Å². The number of hydrogen-bond donors (Lipinski definition) is 0. The molecule has 0 bridgehead atoms. The van der Waals surface area contributed by atoms with Gasteiger partial charge in [-0.1, -0.05) is 22.0 Å². The first kappa shape index (κ1) is 20.0. The lowest BCUT2D eigenvalue weighted by Gasteiger charge is -2.11. The zero-order chi connectivity index (χ0) is 17.5. The van der Waals surface area contributed by atoms with Crippen molar-refractivity contribution in [3.63, 3.8) is 0 Å². The van der Waals surface area contributed by atoms with E-state index in [4.69, 9.17) is 4.74 Å². The maximum Gasteiger partial charge on any atom is 0.381 e. The second kappa shape index (κ2) is 9.31. The average molecular weight is 503 g/mol. The van der Waals surface area contributed by atoms with Crippen LogP contribution in [0, 0.1) is 0 Å². The molecule has 0 radical (unpaired) electrons. The van der Waals surface area contributed by atoms with Crippen LogP contribution in [0.2, 0.25) is 0 Å². The molecule has 0 fully saturated rings. The van der Waals surface area contributed by atoms with E-state index >= 15 is 0 Å². The molecule has 0 aliphatic carbocycles. The molecule has 4 nitrogen and oxygen atoms in total. The third kappa shape index (κ3) is 6.94. The van der Waals surface area contributed by atoms with Crippen LogP contribution in [0.1, 0.15) is 23.7 Å². The summed E-state index contributed by atoms with van der Waals surface area (Å²) in [5, 5.41) is 0. The Hall–Kier alpha value is -1.03. The molecular weight excluding hydrogens is 489 g/mol. The van der Waals surface area contributed by atoms with E-state index in [2.05, 4.69) is 20.7 Å². The molecular formula is C15H14BrF2IO4. The van der Waals surface area contributed by atoms with Gasteiger partial charge in [0.25, 0.3) is 0 Å². The molecule has 23 heavy (non-hydrogen) atoms. The number of esters is 2. The number of carbonyl (C=O) groups excluding carboxylic acids is 2. The minimum Gasteiger partial charge on any atom is -0.462 e. The molecule has 0 heterocycles. The van der Waals surface area contributed by atoms with E-state index in [1.165, 1.54) is 6.92 Å². The number of ether oxygens (including phenoxy) is 2. The Bertz CT molecular complexity index is 605. The van der Waals surface area contributed by atoms with Gasteiger partial charge in [0.2, 0.25) is 0 Å². The minimum atomic E-state index is -3.69. The Morgan fingerprint density at radius 2 is 2.04 bits per heavy atom. The molecule has 126 valence electrons. The number of carbonyl (C=O) groups is 2. The smallest absolute Gasteiger partial charge is 0.381 e. The molecule has 0 spiro atoms. The SMILES string of the molecule is CCOC(=O)C(F)(F)C=C(I)CCOC(=O)c1cccc(Br)c1. The van der Waals surface area contributed by atoms with Crippen molar-refractivity contribution in [2.45, 2.75) is 19.3 Å². The predicted octanol–water partition coefficient (Wildman–Crippen LogP) is 4.51. The van der Waals surface area contributed by atoms with E-state index in [1.807, 2.05) is 0 Å². The Labute approximate surface area is 154 Å². The van der Waals surface area contributed by atoms with Crippen LogP contribution in [0.4, 0.5) is 8.78 Å². The third-order valence-corrected chi connectivity index (χ3v) is 3.86. The van der Waals surface area contributed by atoms with E-state index in [1.54, 1.807) is 46.9 Å². The van der Waals surface area contributed by atoms with Crippen LogP contribution in [-0.2, 0) is 14.3 Å². The molecule has 0 unspecified atom stereocenters. The summed E-state index contributed by atoms with van der Waals surface area (Å²) < 4.78 is 37.2. The predicted molar refractivity (Wildman–Crippen MR) is 92.7 cm³/mol. The highest BCUT2D eigenvalue weighted by molar-refractivity contribution is 14.1. The minimum absolute atomic E-state index is 0.0704. The Morgan fingerprint density at radius 1 is 1.35 bits per heavy atom. The zero-order valence-corrected chi connectivity index (χ0v) is 15.9. The van der Waals surface area contributed by atoms with Gasteiger partial charge in [-0.3, -0.25) is 0 Å². The lowest BCUT2D eigenvalue weighted by molar-refractivity contribution is -0.164. The molecule has 0 aliphatic rings. The van der Waals surface area contributed by atoms with E-state index in [0.29, 0.717) is 11.6 Å². The van der Waals surface area contributed by atoms with Crippen LogP contribution in [-0.4, -0.2) is 31.1 Å². The Morgan fingerprint density at radius 3 is 2.65 bits per heavy atom. The largest absolute Gasteiger partial charge is 0.462 e. The number of hydrogen-bond acceptors (Lipinski definition) is 4. The summed E-state index contributed by atoms with van der Waals surface area (Å²) >= 11 is 4.91. The van der Waals surface area contributed by atoms with Crippen molar-refractivity contribution in [2.24, 2.45) is 0 Å². The second-order valence-electron chi connectivity index (χ2n) is 4.33. The van der Waals surface area contributed by atoms with Crippen LogP contribution >= 0.6 is 38.5 Å². The van der Waals surface area contributed by atoms with E-state index in [9.17, 15) is 18.4 Å². The fourth-order valence-electron chi connectivity index (χ4n) is 1.50. The van der Waals surface area contributed by atoms with Crippen molar-refractivity contribution in [2.75, 3.05) is 13.2 Å². The van der Waals surface area contributed by atoms with Crippen molar-refractivity contribution >= 4 is 50.5 Å².